The minimum Gasteiger partial charge on any atom is -0.381 e. The van der Waals surface area contributed by atoms with Crippen molar-refractivity contribution < 1.29 is 22.3 Å². The number of hydrogen-bond acceptors (Lipinski definition) is 4. The Bertz CT molecular complexity index is 545. The number of ether oxygens (including phenoxy) is 1. The largest absolute Gasteiger partial charge is 0.381 e. The van der Waals surface area contributed by atoms with Crippen LogP contribution in [0.15, 0.2) is 24.3 Å². The third kappa shape index (κ3) is 3.61. The number of carbonyl (C=O) groups is 1. The van der Waals surface area contributed by atoms with Gasteiger partial charge in [-0.15, -0.1) is 0 Å². The zero-order valence-electron chi connectivity index (χ0n) is 10.3. The van der Waals surface area contributed by atoms with E-state index in [2.05, 4.69) is 0 Å². The van der Waals surface area contributed by atoms with E-state index < -0.39 is 32.4 Å². The molecule has 0 radical (unpaired) electrons. The van der Waals surface area contributed by atoms with E-state index in [4.69, 9.17) is 4.74 Å². The lowest BCUT2D eigenvalue weighted by Crippen LogP contribution is -2.33. The van der Waals surface area contributed by atoms with Gasteiger partial charge in [0.15, 0.2) is 15.6 Å². The molecule has 1 aromatic rings. The van der Waals surface area contributed by atoms with Gasteiger partial charge in [-0.05, 0) is 37.1 Å². The van der Waals surface area contributed by atoms with Crippen LogP contribution in [0.5, 0.6) is 0 Å². The number of halogens is 1. The smallest absolute Gasteiger partial charge is 0.177 e. The number of ketones is 1. The molecular formula is C13H15FO4S. The normalized spacial score (nSPS) is 17.3. The van der Waals surface area contributed by atoms with Crippen LogP contribution in [0.1, 0.15) is 23.2 Å². The second kappa shape index (κ2) is 5.79. The predicted molar refractivity (Wildman–Crippen MR) is 68.4 cm³/mol. The molecule has 0 aromatic heterocycles. The van der Waals surface area contributed by atoms with Crippen molar-refractivity contribution in [2.24, 2.45) is 0 Å². The van der Waals surface area contributed by atoms with E-state index in [0.29, 0.717) is 26.1 Å². The monoisotopic (exact) mass is 286 g/mol. The van der Waals surface area contributed by atoms with Crippen molar-refractivity contribution in [2.45, 2.75) is 18.1 Å². The van der Waals surface area contributed by atoms with Gasteiger partial charge in [0.05, 0.1) is 5.25 Å². The first-order valence-corrected chi connectivity index (χ1v) is 7.79. The minimum absolute atomic E-state index is 0.219. The van der Waals surface area contributed by atoms with Crippen LogP contribution < -0.4 is 0 Å². The number of carbonyl (C=O) groups excluding carboxylic acids is 1. The van der Waals surface area contributed by atoms with Crippen LogP contribution in [0.2, 0.25) is 0 Å². The van der Waals surface area contributed by atoms with Gasteiger partial charge in [-0.3, -0.25) is 4.79 Å². The molecule has 0 amide bonds. The van der Waals surface area contributed by atoms with Crippen molar-refractivity contribution >= 4 is 15.6 Å². The number of hydrogen-bond donors (Lipinski definition) is 0. The molecule has 2 rings (SSSR count). The highest BCUT2D eigenvalue weighted by Gasteiger charge is 2.30. The molecule has 1 aliphatic heterocycles. The molecule has 1 fully saturated rings. The van der Waals surface area contributed by atoms with Crippen molar-refractivity contribution in [3.05, 3.63) is 35.6 Å². The van der Waals surface area contributed by atoms with Gasteiger partial charge in [-0.25, -0.2) is 12.8 Å². The summed E-state index contributed by atoms with van der Waals surface area (Å²) < 4.78 is 42.0. The maximum atomic E-state index is 12.7. The second-order valence-electron chi connectivity index (χ2n) is 4.55. The van der Waals surface area contributed by atoms with E-state index in [1.807, 2.05) is 0 Å². The third-order valence-electron chi connectivity index (χ3n) is 3.17. The van der Waals surface area contributed by atoms with Gasteiger partial charge >= 0.3 is 0 Å². The minimum atomic E-state index is -3.46. The fourth-order valence-electron chi connectivity index (χ4n) is 2.05. The quantitative estimate of drug-likeness (QED) is 0.789. The summed E-state index contributed by atoms with van der Waals surface area (Å²) >= 11 is 0. The van der Waals surface area contributed by atoms with Gasteiger partial charge in [0.2, 0.25) is 0 Å². The number of sulfone groups is 1. The summed E-state index contributed by atoms with van der Waals surface area (Å²) in [6.45, 7) is 0.823. The average molecular weight is 286 g/mol. The Morgan fingerprint density at radius 3 is 2.37 bits per heavy atom. The Morgan fingerprint density at radius 1 is 1.21 bits per heavy atom. The van der Waals surface area contributed by atoms with Crippen LogP contribution >= 0.6 is 0 Å². The fourth-order valence-corrected chi connectivity index (χ4v) is 3.73. The summed E-state index contributed by atoms with van der Waals surface area (Å²) in [5.41, 5.74) is 0.219. The second-order valence-corrected chi connectivity index (χ2v) is 6.83. The van der Waals surface area contributed by atoms with E-state index >= 15 is 0 Å². The molecule has 6 heteroatoms. The van der Waals surface area contributed by atoms with E-state index in [-0.39, 0.29) is 5.56 Å². The molecule has 4 nitrogen and oxygen atoms in total. The fraction of sp³-hybridized carbons (Fsp3) is 0.462. The Labute approximate surface area is 111 Å². The lowest BCUT2D eigenvalue weighted by atomic mass is 10.1. The molecule has 0 N–H and O–H groups in total. The third-order valence-corrected chi connectivity index (χ3v) is 5.33. The predicted octanol–water partition coefficient (Wildman–Crippen LogP) is 1.60. The summed E-state index contributed by atoms with van der Waals surface area (Å²) in [7, 11) is -3.46. The van der Waals surface area contributed by atoms with Crippen LogP contribution in [0.4, 0.5) is 4.39 Å². The van der Waals surface area contributed by atoms with E-state index in [0.717, 1.165) is 12.1 Å². The molecule has 0 unspecified atom stereocenters. The zero-order chi connectivity index (χ0) is 13.9. The molecule has 1 aliphatic rings. The van der Waals surface area contributed by atoms with Crippen molar-refractivity contribution in [3.8, 4) is 0 Å². The van der Waals surface area contributed by atoms with Gasteiger partial charge in [0.25, 0.3) is 0 Å². The molecule has 0 bridgehead atoms. The number of rotatable bonds is 4. The molecule has 0 aliphatic carbocycles. The first-order chi connectivity index (χ1) is 8.99. The van der Waals surface area contributed by atoms with Crippen molar-refractivity contribution in [2.75, 3.05) is 19.0 Å². The molecule has 1 heterocycles. The van der Waals surface area contributed by atoms with E-state index in [1.165, 1.54) is 12.1 Å². The summed E-state index contributed by atoms with van der Waals surface area (Å²) in [6.07, 6.45) is 0.859. The molecular weight excluding hydrogens is 271 g/mol. The average Bonchev–Trinajstić information content (AvgIpc) is 2.40. The molecule has 1 aromatic carbocycles. The Morgan fingerprint density at radius 2 is 1.79 bits per heavy atom. The molecule has 0 atom stereocenters. The van der Waals surface area contributed by atoms with Crippen molar-refractivity contribution in [3.63, 3.8) is 0 Å². The summed E-state index contributed by atoms with van der Waals surface area (Å²) in [6, 6.07) is 4.90. The highest BCUT2D eigenvalue weighted by Crippen LogP contribution is 2.17. The van der Waals surface area contributed by atoms with Crippen LogP contribution in [-0.4, -0.2) is 38.4 Å². The van der Waals surface area contributed by atoms with E-state index in [1.54, 1.807) is 0 Å². The highest BCUT2D eigenvalue weighted by molar-refractivity contribution is 7.92. The van der Waals surface area contributed by atoms with Gasteiger partial charge in [0, 0.05) is 18.8 Å². The lowest BCUT2D eigenvalue weighted by molar-refractivity contribution is 0.0971. The van der Waals surface area contributed by atoms with E-state index in [9.17, 15) is 17.6 Å². The Hall–Kier alpha value is -1.27. The van der Waals surface area contributed by atoms with Gasteiger partial charge in [0.1, 0.15) is 11.6 Å². The molecule has 1 saturated heterocycles. The highest BCUT2D eigenvalue weighted by atomic mass is 32.2. The van der Waals surface area contributed by atoms with Gasteiger partial charge in [-0.1, -0.05) is 0 Å². The molecule has 19 heavy (non-hydrogen) atoms. The Kier molecular flexibility index (Phi) is 4.31. The van der Waals surface area contributed by atoms with Crippen molar-refractivity contribution in [1.82, 2.24) is 0 Å². The number of benzene rings is 1. The first kappa shape index (κ1) is 14.1. The maximum Gasteiger partial charge on any atom is 0.177 e. The maximum absolute atomic E-state index is 12.7. The van der Waals surface area contributed by atoms with Crippen molar-refractivity contribution in [1.29, 1.82) is 0 Å². The van der Waals surface area contributed by atoms with Crippen LogP contribution in [0, 0.1) is 5.82 Å². The first-order valence-electron chi connectivity index (χ1n) is 6.07. The Balaban J connectivity index is 2.07. The molecule has 0 spiro atoms. The van der Waals surface area contributed by atoms with Crippen LogP contribution in [0.25, 0.3) is 0 Å². The molecule has 104 valence electrons. The van der Waals surface area contributed by atoms with Crippen LogP contribution in [0.3, 0.4) is 0 Å². The van der Waals surface area contributed by atoms with Gasteiger partial charge in [-0.2, -0.15) is 0 Å². The summed E-state index contributed by atoms with van der Waals surface area (Å²) in [5.74, 6) is -1.47. The standard InChI is InChI=1S/C13H15FO4S/c14-11-3-1-10(2-4-11)13(15)9-19(16,17)12-5-7-18-8-6-12/h1-4,12H,5-9H2. The summed E-state index contributed by atoms with van der Waals surface area (Å²) in [4.78, 5) is 11.9. The summed E-state index contributed by atoms with van der Waals surface area (Å²) in [5, 5.41) is -0.509. The van der Waals surface area contributed by atoms with Gasteiger partial charge < -0.3 is 4.74 Å². The lowest BCUT2D eigenvalue weighted by Gasteiger charge is -2.21. The SMILES string of the molecule is O=C(CS(=O)(=O)C1CCOCC1)c1ccc(F)cc1. The number of Topliss-reactive ketones (excluding diaryl/α,β-unsaturated/α-hetero) is 1. The molecule has 0 saturated carbocycles. The topological polar surface area (TPSA) is 60.4 Å². The zero-order valence-corrected chi connectivity index (χ0v) is 11.2. The van der Waals surface area contributed by atoms with Crippen LogP contribution in [-0.2, 0) is 14.6 Å².